The highest BCUT2D eigenvalue weighted by Crippen LogP contribution is 2.19. The zero-order valence-corrected chi connectivity index (χ0v) is 15.1. The van der Waals surface area contributed by atoms with Crippen molar-refractivity contribution >= 4 is 11.6 Å². The number of piperidine rings is 1. The first-order chi connectivity index (χ1) is 12.1. The molecule has 6 heteroatoms. The highest BCUT2D eigenvalue weighted by Gasteiger charge is 2.30. The van der Waals surface area contributed by atoms with Crippen LogP contribution in [0, 0.1) is 5.92 Å². The molecular formula is C19H27N5O. The lowest BCUT2D eigenvalue weighted by atomic mass is 9.98. The summed E-state index contributed by atoms with van der Waals surface area (Å²) >= 11 is 0. The molecule has 0 saturated carbocycles. The molecule has 1 fully saturated rings. The van der Waals surface area contributed by atoms with Crippen LogP contribution in [-0.4, -0.2) is 44.7 Å². The van der Waals surface area contributed by atoms with Crippen LogP contribution in [0.15, 0.2) is 36.8 Å². The first kappa shape index (κ1) is 17.6. The van der Waals surface area contributed by atoms with Gasteiger partial charge in [0.15, 0.2) is 0 Å². The molecule has 0 aliphatic carbocycles. The fourth-order valence-electron chi connectivity index (χ4n) is 3.48. The molecule has 3 heterocycles. The Kier molecular flexibility index (Phi) is 5.81. The summed E-state index contributed by atoms with van der Waals surface area (Å²) in [7, 11) is 0. The lowest BCUT2D eigenvalue weighted by Gasteiger charge is -2.35. The Labute approximate surface area is 149 Å². The molecule has 1 amide bonds. The summed E-state index contributed by atoms with van der Waals surface area (Å²) in [6, 6.07) is 5.73. The number of pyridine rings is 1. The second-order valence-electron chi connectivity index (χ2n) is 7.02. The topological polar surface area (TPSA) is 63.1 Å². The van der Waals surface area contributed by atoms with Crippen LogP contribution in [0.1, 0.15) is 38.8 Å². The Morgan fingerprint density at radius 3 is 2.72 bits per heavy atom. The van der Waals surface area contributed by atoms with Gasteiger partial charge in [0.05, 0.1) is 30.2 Å². The first-order valence-corrected chi connectivity index (χ1v) is 9.11. The van der Waals surface area contributed by atoms with E-state index in [2.05, 4.69) is 34.1 Å². The number of carbonyl (C=O) groups excluding carboxylic acids is 1. The maximum Gasteiger partial charge on any atom is 0.242 e. The molecule has 1 aliphatic heterocycles. The zero-order valence-electron chi connectivity index (χ0n) is 15.1. The number of nitrogens with one attached hydrogen (secondary N) is 1. The molecule has 1 saturated heterocycles. The van der Waals surface area contributed by atoms with Crippen LogP contribution in [0.25, 0.3) is 0 Å². The van der Waals surface area contributed by atoms with Gasteiger partial charge in [-0.25, -0.2) is 0 Å². The van der Waals surface area contributed by atoms with E-state index in [1.807, 2.05) is 24.4 Å². The monoisotopic (exact) mass is 341 g/mol. The second kappa shape index (κ2) is 8.25. The van der Waals surface area contributed by atoms with Gasteiger partial charge in [-0.05, 0) is 44.0 Å². The average Bonchev–Trinajstić information content (AvgIpc) is 3.03. The Bertz CT molecular complexity index is 676. The standard InChI is InChI=1S/C19H27N5O/c1-15(2)18(23-10-6-3-7-11-23)19(25)22-17-12-21-24(14-17)13-16-8-4-5-9-20-16/h4-5,8-9,12,14-15,18H,3,6-7,10-11,13H2,1-2H3,(H,22,25)/t18-/m1/s1. The van der Waals surface area contributed by atoms with Crippen molar-refractivity contribution in [1.29, 1.82) is 0 Å². The largest absolute Gasteiger partial charge is 0.322 e. The van der Waals surface area contributed by atoms with Gasteiger partial charge in [-0.15, -0.1) is 0 Å². The molecule has 1 N–H and O–H groups in total. The second-order valence-corrected chi connectivity index (χ2v) is 7.02. The van der Waals surface area contributed by atoms with Gasteiger partial charge < -0.3 is 5.32 Å². The van der Waals surface area contributed by atoms with Crippen LogP contribution in [0.2, 0.25) is 0 Å². The number of nitrogens with zero attached hydrogens (tertiary/aromatic N) is 4. The molecule has 1 atom stereocenters. The molecule has 3 rings (SSSR count). The van der Waals surface area contributed by atoms with Crippen molar-refractivity contribution in [2.45, 2.75) is 45.7 Å². The van der Waals surface area contributed by atoms with Crippen molar-refractivity contribution in [3.63, 3.8) is 0 Å². The Morgan fingerprint density at radius 1 is 1.24 bits per heavy atom. The van der Waals surface area contributed by atoms with Crippen LogP contribution >= 0.6 is 0 Å². The number of likely N-dealkylation sites (tertiary alicyclic amines) is 1. The van der Waals surface area contributed by atoms with E-state index in [0.29, 0.717) is 6.54 Å². The molecule has 6 nitrogen and oxygen atoms in total. The molecule has 0 aromatic carbocycles. The minimum absolute atomic E-state index is 0.0642. The predicted octanol–water partition coefficient (Wildman–Crippen LogP) is 2.78. The van der Waals surface area contributed by atoms with Gasteiger partial charge in [-0.2, -0.15) is 5.10 Å². The smallest absolute Gasteiger partial charge is 0.242 e. The van der Waals surface area contributed by atoms with E-state index in [-0.39, 0.29) is 17.9 Å². The van der Waals surface area contributed by atoms with Gasteiger partial charge in [-0.1, -0.05) is 26.3 Å². The minimum Gasteiger partial charge on any atom is -0.322 e. The van der Waals surface area contributed by atoms with Gasteiger partial charge in [0.25, 0.3) is 0 Å². The molecule has 2 aromatic rings. The third kappa shape index (κ3) is 4.66. The minimum atomic E-state index is -0.0839. The number of hydrogen-bond acceptors (Lipinski definition) is 4. The summed E-state index contributed by atoms with van der Waals surface area (Å²) < 4.78 is 1.79. The highest BCUT2D eigenvalue weighted by atomic mass is 16.2. The third-order valence-corrected chi connectivity index (χ3v) is 4.64. The van der Waals surface area contributed by atoms with Crippen molar-refractivity contribution in [3.05, 3.63) is 42.5 Å². The number of hydrogen-bond donors (Lipinski definition) is 1. The number of rotatable bonds is 6. The zero-order chi connectivity index (χ0) is 17.6. The van der Waals surface area contributed by atoms with Gasteiger partial charge in [0, 0.05) is 12.4 Å². The van der Waals surface area contributed by atoms with Crippen molar-refractivity contribution in [3.8, 4) is 0 Å². The molecule has 25 heavy (non-hydrogen) atoms. The van der Waals surface area contributed by atoms with Crippen LogP contribution in [0.5, 0.6) is 0 Å². The van der Waals surface area contributed by atoms with Crippen molar-refractivity contribution in [2.75, 3.05) is 18.4 Å². The summed E-state index contributed by atoms with van der Waals surface area (Å²) in [5.41, 5.74) is 1.68. The van der Waals surface area contributed by atoms with Crippen LogP contribution in [0.3, 0.4) is 0 Å². The summed E-state index contributed by atoms with van der Waals surface area (Å²) in [6.07, 6.45) is 8.96. The summed E-state index contributed by atoms with van der Waals surface area (Å²) in [6.45, 7) is 6.84. The highest BCUT2D eigenvalue weighted by molar-refractivity contribution is 5.94. The maximum atomic E-state index is 12.8. The van der Waals surface area contributed by atoms with Gasteiger partial charge in [-0.3, -0.25) is 19.4 Å². The molecular weight excluding hydrogens is 314 g/mol. The lowest BCUT2D eigenvalue weighted by Crippen LogP contribution is -2.49. The van der Waals surface area contributed by atoms with Gasteiger partial charge in [0.1, 0.15) is 0 Å². The molecule has 0 bridgehead atoms. The van der Waals surface area contributed by atoms with E-state index in [1.54, 1.807) is 17.1 Å². The Balaban J connectivity index is 1.63. The third-order valence-electron chi connectivity index (χ3n) is 4.64. The van der Waals surface area contributed by atoms with E-state index < -0.39 is 0 Å². The maximum absolute atomic E-state index is 12.8. The van der Waals surface area contributed by atoms with E-state index in [4.69, 9.17) is 0 Å². The van der Waals surface area contributed by atoms with E-state index in [9.17, 15) is 4.79 Å². The predicted molar refractivity (Wildman–Crippen MR) is 98.2 cm³/mol. The van der Waals surface area contributed by atoms with E-state index >= 15 is 0 Å². The molecule has 0 radical (unpaired) electrons. The Hall–Kier alpha value is -2.21. The summed E-state index contributed by atoms with van der Waals surface area (Å²) in [5, 5.41) is 7.37. The SMILES string of the molecule is CC(C)[C@H](C(=O)Nc1cnn(Cc2ccccn2)c1)N1CCCCC1. The normalized spacial score (nSPS) is 16.8. The van der Waals surface area contributed by atoms with Gasteiger partial charge in [0.2, 0.25) is 5.91 Å². The molecule has 0 spiro atoms. The van der Waals surface area contributed by atoms with Crippen LogP contribution in [-0.2, 0) is 11.3 Å². The number of anilines is 1. The summed E-state index contributed by atoms with van der Waals surface area (Å²) in [4.78, 5) is 19.4. The number of amides is 1. The van der Waals surface area contributed by atoms with Crippen molar-refractivity contribution < 1.29 is 4.79 Å². The fraction of sp³-hybridized carbons (Fsp3) is 0.526. The van der Waals surface area contributed by atoms with Crippen molar-refractivity contribution in [2.24, 2.45) is 5.92 Å². The lowest BCUT2D eigenvalue weighted by molar-refractivity contribution is -0.123. The first-order valence-electron chi connectivity index (χ1n) is 9.11. The Morgan fingerprint density at radius 2 is 2.04 bits per heavy atom. The number of aromatic nitrogens is 3. The van der Waals surface area contributed by atoms with E-state index in [1.165, 1.54) is 19.3 Å². The van der Waals surface area contributed by atoms with Crippen molar-refractivity contribution in [1.82, 2.24) is 19.7 Å². The summed E-state index contributed by atoms with van der Waals surface area (Å²) in [5.74, 6) is 0.343. The van der Waals surface area contributed by atoms with Crippen LogP contribution < -0.4 is 5.32 Å². The average molecular weight is 341 g/mol. The van der Waals surface area contributed by atoms with Gasteiger partial charge >= 0.3 is 0 Å². The number of carbonyl (C=O) groups is 1. The molecule has 134 valence electrons. The quantitative estimate of drug-likeness (QED) is 0.877. The van der Waals surface area contributed by atoms with Crippen LogP contribution in [0.4, 0.5) is 5.69 Å². The fourth-order valence-corrected chi connectivity index (χ4v) is 3.48. The van der Waals surface area contributed by atoms with E-state index in [0.717, 1.165) is 24.5 Å². The molecule has 1 aliphatic rings. The molecule has 0 unspecified atom stereocenters. The molecule has 2 aromatic heterocycles.